The molecule has 0 aliphatic carbocycles. The van der Waals surface area contributed by atoms with Crippen LogP contribution in [0.15, 0.2) is 84.9 Å². The molecule has 0 atom stereocenters. The van der Waals surface area contributed by atoms with Crippen LogP contribution >= 0.6 is 0 Å². The monoisotopic (exact) mass is 367 g/mol. The molecule has 0 N–H and O–H groups in total. The van der Waals surface area contributed by atoms with Crippen LogP contribution in [0.3, 0.4) is 0 Å². The second-order valence-electron chi connectivity index (χ2n) is 5.92. The Kier molecular flexibility index (Phi) is 7.17. The SMILES string of the molecule is C=C/C(C)=C\C(F)=C(\F)CC.Cc1c(-c2ccccc2)nc2cnccn12. The molecule has 0 bridgehead atoms. The molecule has 3 rings (SSSR count). The molecule has 0 radical (unpaired) electrons. The Morgan fingerprint density at radius 1 is 1.22 bits per heavy atom. The van der Waals surface area contributed by atoms with Gasteiger partial charge in [0.05, 0.1) is 11.9 Å². The van der Waals surface area contributed by atoms with Crippen LogP contribution < -0.4 is 0 Å². The fraction of sp³-hybridized carbons (Fsp3) is 0.182. The molecular formula is C22H23F2N3. The first-order chi connectivity index (χ1) is 13.0. The molecule has 140 valence electrons. The molecule has 0 saturated heterocycles. The van der Waals surface area contributed by atoms with Gasteiger partial charge < -0.3 is 4.40 Å². The van der Waals surface area contributed by atoms with E-state index >= 15 is 0 Å². The van der Waals surface area contributed by atoms with Gasteiger partial charge in [-0.05, 0) is 31.9 Å². The summed E-state index contributed by atoms with van der Waals surface area (Å²) in [5.41, 5.74) is 4.81. The Bertz CT molecular complexity index is 970. The summed E-state index contributed by atoms with van der Waals surface area (Å²) in [5.74, 6) is -1.52. The molecule has 0 amide bonds. The number of nitrogens with zero attached hydrogens (tertiary/aromatic N) is 3. The van der Waals surface area contributed by atoms with E-state index in [0.717, 1.165) is 28.7 Å². The third-order valence-corrected chi connectivity index (χ3v) is 3.96. The first kappa shape index (κ1) is 20.2. The van der Waals surface area contributed by atoms with Crippen LogP contribution in [0.25, 0.3) is 16.9 Å². The van der Waals surface area contributed by atoms with Gasteiger partial charge in [-0.3, -0.25) is 4.98 Å². The minimum atomic E-state index is -0.801. The van der Waals surface area contributed by atoms with Crippen molar-refractivity contribution >= 4 is 5.65 Å². The first-order valence-electron chi connectivity index (χ1n) is 8.66. The van der Waals surface area contributed by atoms with Gasteiger partial charge in [0, 0.05) is 23.7 Å². The zero-order valence-corrected chi connectivity index (χ0v) is 15.8. The summed E-state index contributed by atoms with van der Waals surface area (Å²) in [6.45, 7) is 8.71. The van der Waals surface area contributed by atoms with Gasteiger partial charge in [-0.15, -0.1) is 0 Å². The molecule has 27 heavy (non-hydrogen) atoms. The number of allylic oxidation sites excluding steroid dienone is 5. The van der Waals surface area contributed by atoms with Crippen molar-refractivity contribution in [2.24, 2.45) is 0 Å². The van der Waals surface area contributed by atoms with Crippen molar-refractivity contribution in [1.29, 1.82) is 0 Å². The number of aryl methyl sites for hydroxylation is 1. The smallest absolute Gasteiger partial charge is 0.156 e. The highest BCUT2D eigenvalue weighted by atomic mass is 19.2. The van der Waals surface area contributed by atoms with Gasteiger partial charge in [-0.25, -0.2) is 13.8 Å². The molecular weight excluding hydrogens is 344 g/mol. The second kappa shape index (κ2) is 9.57. The van der Waals surface area contributed by atoms with E-state index in [0.29, 0.717) is 5.57 Å². The van der Waals surface area contributed by atoms with E-state index in [9.17, 15) is 8.78 Å². The largest absolute Gasteiger partial charge is 0.301 e. The van der Waals surface area contributed by atoms with Crippen molar-refractivity contribution in [1.82, 2.24) is 14.4 Å². The standard InChI is InChI=1S/C13H11N3.C9H12F2/c1-10-13(11-5-3-2-4-6-11)15-12-9-14-7-8-16(10)12;1-4-7(3)6-9(11)8(10)5-2/h2-9H,1H3;4,6H,1,5H2,2-3H3/b;7-6-,9-8-. The Labute approximate surface area is 158 Å². The molecule has 0 saturated carbocycles. The molecule has 0 aliphatic heterocycles. The van der Waals surface area contributed by atoms with Crippen molar-refractivity contribution in [2.75, 3.05) is 0 Å². The van der Waals surface area contributed by atoms with Gasteiger partial charge in [0.1, 0.15) is 5.83 Å². The summed E-state index contributed by atoms with van der Waals surface area (Å²) in [6, 6.07) is 10.2. The quantitative estimate of drug-likeness (QED) is 0.501. The van der Waals surface area contributed by atoms with Crippen LogP contribution in [-0.2, 0) is 0 Å². The predicted octanol–water partition coefficient (Wildman–Crippen LogP) is 6.38. The van der Waals surface area contributed by atoms with Gasteiger partial charge in [0.15, 0.2) is 11.5 Å². The van der Waals surface area contributed by atoms with Crippen LogP contribution in [0.1, 0.15) is 26.0 Å². The molecule has 0 fully saturated rings. The van der Waals surface area contributed by atoms with Gasteiger partial charge in [-0.2, -0.15) is 0 Å². The number of hydrogen-bond acceptors (Lipinski definition) is 2. The summed E-state index contributed by atoms with van der Waals surface area (Å²) >= 11 is 0. The lowest BCUT2D eigenvalue weighted by atomic mass is 10.1. The first-order valence-corrected chi connectivity index (χ1v) is 8.66. The maximum absolute atomic E-state index is 12.6. The van der Waals surface area contributed by atoms with E-state index in [1.165, 1.54) is 6.08 Å². The summed E-state index contributed by atoms with van der Waals surface area (Å²) in [6.07, 6.45) is 8.18. The lowest BCUT2D eigenvalue weighted by molar-refractivity contribution is 0.531. The Balaban J connectivity index is 0.000000211. The van der Waals surface area contributed by atoms with E-state index in [1.54, 1.807) is 26.2 Å². The highest BCUT2D eigenvalue weighted by Crippen LogP contribution is 2.22. The lowest BCUT2D eigenvalue weighted by Crippen LogP contribution is -1.87. The van der Waals surface area contributed by atoms with Crippen molar-refractivity contribution in [3.63, 3.8) is 0 Å². The van der Waals surface area contributed by atoms with Crippen LogP contribution in [0.5, 0.6) is 0 Å². The summed E-state index contributed by atoms with van der Waals surface area (Å²) in [7, 11) is 0. The van der Waals surface area contributed by atoms with Crippen molar-refractivity contribution in [2.45, 2.75) is 27.2 Å². The average molecular weight is 367 g/mol. The van der Waals surface area contributed by atoms with E-state index in [4.69, 9.17) is 0 Å². The maximum Gasteiger partial charge on any atom is 0.156 e. The highest BCUT2D eigenvalue weighted by molar-refractivity contribution is 5.65. The van der Waals surface area contributed by atoms with E-state index in [1.807, 2.05) is 24.4 Å². The molecule has 5 heteroatoms. The van der Waals surface area contributed by atoms with Gasteiger partial charge in [0.2, 0.25) is 0 Å². The van der Waals surface area contributed by atoms with Crippen LogP contribution in [0.2, 0.25) is 0 Å². The van der Waals surface area contributed by atoms with E-state index in [2.05, 4.69) is 40.0 Å². The number of hydrogen-bond donors (Lipinski definition) is 0. The zero-order chi connectivity index (χ0) is 19.8. The van der Waals surface area contributed by atoms with Crippen LogP contribution in [0.4, 0.5) is 8.78 Å². The van der Waals surface area contributed by atoms with Crippen molar-refractivity contribution in [3.8, 4) is 11.3 Å². The minimum Gasteiger partial charge on any atom is -0.301 e. The maximum atomic E-state index is 12.6. The van der Waals surface area contributed by atoms with Crippen molar-refractivity contribution in [3.05, 3.63) is 90.6 Å². The Morgan fingerprint density at radius 2 is 1.93 bits per heavy atom. The molecule has 0 spiro atoms. The predicted molar refractivity (Wildman–Crippen MR) is 107 cm³/mol. The van der Waals surface area contributed by atoms with Crippen molar-refractivity contribution < 1.29 is 8.78 Å². The Hall–Kier alpha value is -3.08. The van der Waals surface area contributed by atoms with E-state index in [-0.39, 0.29) is 6.42 Å². The molecule has 2 heterocycles. The average Bonchev–Trinajstić information content (AvgIpc) is 3.05. The van der Waals surface area contributed by atoms with Gasteiger partial charge >= 0.3 is 0 Å². The lowest BCUT2D eigenvalue weighted by Gasteiger charge is -1.98. The summed E-state index contributed by atoms with van der Waals surface area (Å²) < 4.78 is 27.1. The number of rotatable bonds is 4. The van der Waals surface area contributed by atoms with Crippen LogP contribution in [-0.4, -0.2) is 14.4 Å². The zero-order valence-electron chi connectivity index (χ0n) is 15.8. The second-order valence-corrected chi connectivity index (χ2v) is 5.92. The number of imidazole rings is 1. The number of benzene rings is 1. The Morgan fingerprint density at radius 3 is 2.52 bits per heavy atom. The van der Waals surface area contributed by atoms with E-state index < -0.39 is 11.7 Å². The number of aromatic nitrogens is 3. The molecule has 0 aliphatic rings. The molecule has 3 aromatic rings. The fourth-order valence-electron chi connectivity index (χ4n) is 2.40. The molecule has 1 aromatic carbocycles. The minimum absolute atomic E-state index is 0.0900. The third kappa shape index (κ3) is 5.20. The molecule has 2 aromatic heterocycles. The highest BCUT2D eigenvalue weighted by Gasteiger charge is 2.08. The van der Waals surface area contributed by atoms with Gasteiger partial charge in [-0.1, -0.05) is 49.9 Å². The normalized spacial score (nSPS) is 12.3. The topological polar surface area (TPSA) is 30.2 Å². The molecule has 3 nitrogen and oxygen atoms in total. The molecule has 0 unspecified atom stereocenters. The number of fused-ring (bicyclic) bond motifs is 1. The summed E-state index contributed by atoms with van der Waals surface area (Å²) in [5, 5.41) is 0. The fourth-order valence-corrected chi connectivity index (χ4v) is 2.40. The summed E-state index contributed by atoms with van der Waals surface area (Å²) in [4.78, 5) is 8.66. The number of halogens is 2. The van der Waals surface area contributed by atoms with Crippen LogP contribution in [0, 0.1) is 6.92 Å². The van der Waals surface area contributed by atoms with Gasteiger partial charge in [0.25, 0.3) is 0 Å². The third-order valence-electron chi connectivity index (χ3n) is 3.96.